The normalized spacial score (nSPS) is 16.8. The van der Waals surface area contributed by atoms with Crippen molar-refractivity contribution in [1.82, 2.24) is 0 Å². The van der Waals surface area contributed by atoms with Gasteiger partial charge in [-0.05, 0) is 53.7 Å². The molecule has 0 atom stereocenters. The van der Waals surface area contributed by atoms with Crippen LogP contribution in [0.15, 0.2) is 23.4 Å². The average molecular weight is 461 g/mol. The van der Waals surface area contributed by atoms with Gasteiger partial charge in [0.2, 0.25) is 0 Å². The van der Waals surface area contributed by atoms with Gasteiger partial charge in [-0.2, -0.15) is 0 Å². The second-order valence-corrected chi connectivity index (χ2v) is 21.8. The van der Waals surface area contributed by atoms with E-state index in [-0.39, 0.29) is 16.0 Å². The molecule has 2 rings (SSSR count). The fourth-order valence-corrected chi connectivity index (χ4v) is 5.98. The second-order valence-electron chi connectivity index (χ2n) is 12.0. The summed E-state index contributed by atoms with van der Waals surface area (Å²) in [6, 6.07) is 6.52. The maximum absolute atomic E-state index is 13.8. The third-order valence-corrected chi connectivity index (χ3v) is 17.0. The zero-order chi connectivity index (χ0) is 23.8. The molecule has 0 N–H and O–H groups in total. The molecule has 4 nitrogen and oxygen atoms in total. The molecule has 0 radical (unpaired) electrons. The Labute approximate surface area is 192 Å². The molecule has 0 saturated carbocycles. The van der Waals surface area contributed by atoms with Crippen molar-refractivity contribution in [3.63, 3.8) is 0 Å². The Balaban J connectivity index is 2.56. The van der Waals surface area contributed by atoms with E-state index in [1.165, 1.54) is 24.8 Å². The van der Waals surface area contributed by atoms with Crippen LogP contribution in [0.2, 0.25) is 36.3 Å². The average Bonchev–Trinajstić information content (AvgIpc) is 2.89. The van der Waals surface area contributed by atoms with Crippen molar-refractivity contribution in [3.8, 4) is 0 Å². The Morgan fingerprint density at radius 2 is 1.58 bits per heavy atom. The lowest BCUT2D eigenvalue weighted by molar-refractivity contribution is -0.111. The quantitative estimate of drug-likeness (QED) is 0.240. The van der Waals surface area contributed by atoms with E-state index in [4.69, 9.17) is 4.53 Å². The van der Waals surface area contributed by atoms with Gasteiger partial charge in [-0.1, -0.05) is 85.6 Å². The van der Waals surface area contributed by atoms with E-state index in [0.717, 1.165) is 17.7 Å². The molecule has 0 saturated heterocycles. The van der Waals surface area contributed by atoms with Gasteiger partial charge >= 0.3 is 0 Å². The number of carbonyl (C=O) groups is 1. The smallest absolute Gasteiger partial charge is 0.286 e. The molecule has 0 aliphatic carbocycles. The number of carbonyl (C=O) groups excluding carboxylic acids is 1. The standard InChI is InChI=1S/C25H44N2O2Si2/c1-12-13-14-15-19-16-17-21-20(18-19)22(26-29-31(10,11)25(5,6)7)23(28)27(21)30(8,9)24(2,3)4/h16-18H,12-15H2,1-11H3/b26-22-. The zero-order valence-electron chi connectivity index (χ0n) is 21.8. The largest absolute Gasteiger partial charge is 0.454 e. The van der Waals surface area contributed by atoms with E-state index in [0.29, 0.717) is 5.71 Å². The molecule has 0 fully saturated rings. The Bertz CT molecular complexity index is 846. The first-order chi connectivity index (χ1) is 14.0. The first-order valence-corrected chi connectivity index (χ1v) is 17.6. The Hall–Kier alpha value is -1.41. The lowest BCUT2D eigenvalue weighted by atomic mass is 10.0. The lowest BCUT2D eigenvalue weighted by Gasteiger charge is -2.43. The lowest BCUT2D eigenvalue weighted by Crippen LogP contribution is -2.57. The molecule has 0 aromatic heterocycles. The van der Waals surface area contributed by atoms with Gasteiger partial charge in [0.25, 0.3) is 14.2 Å². The Kier molecular flexibility index (Phi) is 7.38. The summed E-state index contributed by atoms with van der Waals surface area (Å²) in [7, 11) is -4.24. The number of nitrogens with zero attached hydrogens (tertiary/aromatic N) is 2. The van der Waals surface area contributed by atoms with Crippen molar-refractivity contribution in [2.75, 3.05) is 4.57 Å². The molecule has 6 heteroatoms. The molecule has 0 unspecified atom stereocenters. The molecule has 1 aliphatic heterocycles. The molecular formula is C25H44N2O2Si2. The SMILES string of the molecule is CCCCCc1ccc2c(c1)/C(=N/O[Si](C)(C)C(C)(C)C)C(=O)N2[Si](C)(C)C(C)(C)C. The number of anilines is 1. The summed E-state index contributed by atoms with van der Waals surface area (Å²) in [5, 5.41) is 4.64. The molecule has 31 heavy (non-hydrogen) atoms. The summed E-state index contributed by atoms with van der Waals surface area (Å²) >= 11 is 0. The summed E-state index contributed by atoms with van der Waals surface area (Å²) in [5.41, 5.74) is 3.72. The van der Waals surface area contributed by atoms with Crippen molar-refractivity contribution in [2.45, 2.75) is 110 Å². The highest BCUT2D eigenvalue weighted by Gasteiger charge is 2.50. The zero-order valence-corrected chi connectivity index (χ0v) is 23.8. The fourth-order valence-electron chi connectivity index (χ4n) is 3.31. The number of rotatable bonds is 7. The topological polar surface area (TPSA) is 41.9 Å². The van der Waals surface area contributed by atoms with Crippen LogP contribution < -0.4 is 4.57 Å². The van der Waals surface area contributed by atoms with Crippen LogP contribution in [0.3, 0.4) is 0 Å². The highest BCUT2D eigenvalue weighted by Crippen LogP contribution is 2.45. The van der Waals surface area contributed by atoms with Crippen LogP contribution in [0.25, 0.3) is 0 Å². The number of oxime groups is 1. The fraction of sp³-hybridized carbons (Fsp3) is 0.680. The third kappa shape index (κ3) is 5.16. The van der Waals surface area contributed by atoms with Gasteiger partial charge in [0.05, 0.1) is 0 Å². The first-order valence-electron chi connectivity index (χ1n) is 11.8. The maximum Gasteiger partial charge on any atom is 0.286 e. The van der Waals surface area contributed by atoms with E-state index < -0.39 is 16.6 Å². The van der Waals surface area contributed by atoms with Crippen LogP contribution in [0.5, 0.6) is 0 Å². The Morgan fingerprint density at radius 3 is 2.10 bits per heavy atom. The number of amides is 1. The van der Waals surface area contributed by atoms with Gasteiger partial charge in [-0.25, -0.2) is 0 Å². The number of hydrogen-bond donors (Lipinski definition) is 0. The van der Waals surface area contributed by atoms with Gasteiger partial charge in [0.1, 0.15) is 0 Å². The number of unbranched alkanes of at least 4 members (excludes halogenated alkanes) is 2. The van der Waals surface area contributed by atoms with Crippen molar-refractivity contribution in [1.29, 1.82) is 0 Å². The predicted molar refractivity (Wildman–Crippen MR) is 139 cm³/mol. The van der Waals surface area contributed by atoms with Crippen LogP contribution in [0.4, 0.5) is 5.69 Å². The summed E-state index contributed by atoms with van der Waals surface area (Å²) in [6.07, 6.45) is 4.63. The van der Waals surface area contributed by atoms with E-state index in [1.54, 1.807) is 0 Å². The van der Waals surface area contributed by atoms with E-state index in [9.17, 15) is 4.79 Å². The van der Waals surface area contributed by atoms with Crippen LogP contribution >= 0.6 is 0 Å². The molecule has 174 valence electrons. The highest BCUT2D eigenvalue weighted by atomic mass is 28.4. The molecular weight excluding hydrogens is 416 g/mol. The van der Waals surface area contributed by atoms with Crippen molar-refractivity contribution in [2.24, 2.45) is 5.16 Å². The molecule has 1 aromatic carbocycles. The molecule has 1 aliphatic rings. The van der Waals surface area contributed by atoms with Crippen LogP contribution in [0, 0.1) is 0 Å². The predicted octanol–water partition coefficient (Wildman–Crippen LogP) is 7.50. The van der Waals surface area contributed by atoms with Crippen LogP contribution in [0.1, 0.15) is 78.9 Å². The van der Waals surface area contributed by atoms with Gasteiger partial charge in [-0.15, -0.1) is 0 Å². The van der Waals surface area contributed by atoms with E-state index >= 15 is 0 Å². The molecule has 1 aromatic rings. The monoisotopic (exact) mass is 460 g/mol. The minimum atomic E-state index is -2.13. The van der Waals surface area contributed by atoms with Crippen molar-refractivity contribution >= 4 is 33.9 Å². The third-order valence-electron chi connectivity index (χ3n) is 7.60. The maximum atomic E-state index is 13.8. The minimum absolute atomic E-state index is 0.00556. The second kappa shape index (κ2) is 8.85. The summed E-state index contributed by atoms with van der Waals surface area (Å²) in [4.78, 5) is 13.8. The minimum Gasteiger partial charge on any atom is -0.454 e. The van der Waals surface area contributed by atoms with Crippen LogP contribution in [-0.4, -0.2) is 28.2 Å². The molecule has 1 heterocycles. The van der Waals surface area contributed by atoms with Gasteiger partial charge < -0.3 is 9.09 Å². The van der Waals surface area contributed by atoms with E-state index in [2.05, 4.69) is 103 Å². The summed E-state index contributed by atoms with van der Waals surface area (Å²) < 4.78 is 8.26. The molecule has 0 bridgehead atoms. The Morgan fingerprint density at radius 1 is 0.968 bits per heavy atom. The number of benzene rings is 1. The van der Waals surface area contributed by atoms with Crippen LogP contribution in [-0.2, 0) is 15.7 Å². The van der Waals surface area contributed by atoms with Gasteiger partial charge in [0, 0.05) is 11.3 Å². The molecule has 1 amide bonds. The highest BCUT2D eigenvalue weighted by molar-refractivity contribution is 6.90. The number of hydrogen-bond acceptors (Lipinski definition) is 3. The summed E-state index contributed by atoms with van der Waals surface area (Å²) in [5.74, 6) is 0.00556. The van der Waals surface area contributed by atoms with Crippen molar-refractivity contribution < 1.29 is 9.32 Å². The summed E-state index contributed by atoms with van der Waals surface area (Å²) in [6.45, 7) is 24.4. The number of fused-ring (bicyclic) bond motifs is 1. The van der Waals surface area contributed by atoms with Crippen molar-refractivity contribution in [3.05, 3.63) is 29.3 Å². The first kappa shape index (κ1) is 25.9. The van der Waals surface area contributed by atoms with Gasteiger partial charge in [-0.3, -0.25) is 4.79 Å². The molecule has 0 spiro atoms. The number of aryl methyl sites for hydroxylation is 1. The van der Waals surface area contributed by atoms with E-state index in [1.807, 2.05) is 0 Å². The van der Waals surface area contributed by atoms with Gasteiger partial charge in [0.15, 0.2) is 13.9 Å².